The molecular formula is C14H22BrN. The van der Waals surface area contributed by atoms with E-state index >= 15 is 0 Å². The van der Waals surface area contributed by atoms with Crippen molar-refractivity contribution in [2.24, 2.45) is 5.92 Å². The van der Waals surface area contributed by atoms with Gasteiger partial charge in [0.05, 0.1) is 0 Å². The van der Waals surface area contributed by atoms with Gasteiger partial charge >= 0.3 is 0 Å². The lowest BCUT2D eigenvalue weighted by Crippen LogP contribution is -2.26. The molecule has 1 nitrogen and oxygen atoms in total. The lowest BCUT2D eigenvalue weighted by Gasteiger charge is -2.24. The third-order valence-electron chi connectivity index (χ3n) is 3.19. The van der Waals surface area contributed by atoms with E-state index in [4.69, 9.17) is 0 Å². The smallest absolute Gasteiger partial charge is 0.0346 e. The van der Waals surface area contributed by atoms with Gasteiger partial charge in [0.25, 0.3) is 0 Å². The first kappa shape index (κ1) is 13.7. The fourth-order valence-electron chi connectivity index (χ4n) is 1.91. The summed E-state index contributed by atoms with van der Waals surface area (Å²) >= 11 is 3.61. The number of rotatable bonds is 5. The standard InChI is InChI=1S/C14H22BrN/c1-5-10(3)14(16-6-2)12-8-7-11(4)13(15)9-12/h7-10,14,16H,5-6H2,1-4H3. The molecule has 0 spiro atoms. The van der Waals surface area contributed by atoms with E-state index in [0.29, 0.717) is 12.0 Å². The second kappa shape index (κ2) is 6.41. The van der Waals surface area contributed by atoms with Crippen molar-refractivity contribution in [2.45, 2.75) is 40.2 Å². The van der Waals surface area contributed by atoms with E-state index in [1.807, 2.05) is 0 Å². The van der Waals surface area contributed by atoms with Gasteiger partial charge in [0.15, 0.2) is 0 Å². The molecule has 2 heteroatoms. The van der Waals surface area contributed by atoms with Crippen molar-refractivity contribution in [3.63, 3.8) is 0 Å². The number of halogens is 1. The first-order chi connectivity index (χ1) is 7.60. The predicted octanol–water partition coefficient (Wildman–Crippen LogP) is 4.45. The summed E-state index contributed by atoms with van der Waals surface area (Å²) in [5, 5.41) is 3.58. The summed E-state index contributed by atoms with van der Waals surface area (Å²) in [6.45, 7) is 9.86. The van der Waals surface area contributed by atoms with E-state index in [-0.39, 0.29) is 0 Å². The minimum absolute atomic E-state index is 0.465. The molecule has 0 amide bonds. The number of nitrogens with one attached hydrogen (secondary N) is 1. The van der Waals surface area contributed by atoms with Crippen molar-refractivity contribution in [3.05, 3.63) is 33.8 Å². The van der Waals surface area contributed by atoms with Crippen LogP contribution in [0, 0.1) is 12.8 Å². The maximum Gasteiger partial charge on any atom is 0.0346 e. The van der Waals surface area contributed by atoms with E-state index in [0.717, 1.165) is 6.54 Å². The molecule has 1 aromatic carbocycles. The summed E-state index contributed by atoms with van der Waals surface area (Å²) in [6.07, 6.45) is 1.20. The van der Waals surface area contributed by atoms with Crippen molar-refractivity contribution in [2.75, 3.05) is 6.54 Å². The Morgan fingerprint density at radius 2 is 2.00 bits per heavy atom. The van der Waals surface area contributed by atoms with Gasteiger partial charge in [-0.15, -0.1) is 0 Å². The first-order valence-corrected chi connectivity index (χ1v) is 6.88. The Bertz CT molecular complexity index is 336. The highest BCUT2D eigenvalue weighted by Crippen LogP contribution is 2.27. The van der Waals surface area contributed by atoms with Crippen LogP contribution in [0.2, 0.25) is 0 Å². The van der Waals surface area contributed by atoms with Gasteiger partial charge in [-0.25, -0.2) is 0 Å². The molecule has 0 aliphatic rings. The third kappa shape index (κ3) is 3.33. The highest BCUT2D eigenvalue weighted by Gasteiger charge is 2.17. The van der Waals surface area contributed by atoms with E-state index < -0.39 is 0 Å². The fourth-order valence-corrected chi connectivity index (χ4v) is 2.30. The van der Waals surface area contributed by atoms with Crippen LogP contribution in [-0.2, 0) is 0 Å². The van der Waals surface area contributed by atoms with Gasteiger partial charge in [0, 0.05) is 10.5 Å². The van der Waals surface area contributed by atoms with Gasteiger partial charge in [-0.3, -0.25) is 0 Å². The molecule has 0 aliphatic heterocycles. The Morgan fingerprint density at radius 3 is 2.50 bits per heavy atom. The maximum atomic E-state index is 3.61. The van der Waals surface area contributed by atoms with E-state index in [2.05, 4.69) is 67.1 Å². The molecule has 0 saturated carbocycles. The van der Waals surface area contributed by atoms with Crippen LogP contribution in [0.1, 0.15) is 44.4 Å². The van der Waals surface area contributed by atoms with E-state index in [1.54, 1.807) is 0 Å². The minimum atomic E-state index is 0.465. The molecule has 0 heterocycles. The topological polar surface area (TPSA) is 12.0 Å². The normalized spacial score (nSPS) is 14.8. The summed E-state index contributed by atoms with van der Waals surface area (Å²) < 4.78 is 1.20. The van der Waals surface area contributed by atoms with Crippen molar-refractivity contribution in [1.82, 2.24) is 5.32 Å². The van der Waals surface area contributed by atoms with Gasteiger partial charge in [-0.2, -0.15) is 0 Å². The molecule has 2 unspecified atom stereocenters. The summed E-state index contributed by atoms with van der Waals surface area (Å²) in [6, 6.07) is 7.13. The molecule has 0 radical (unpaired) electrons. The Labute approximate surface area is 108 Å². The molecule has 0 fully saturated rings. The monoisotopic (exact) mass is 283 g/mol. The lowest BCUT2D eigenvalue weighted by molar-refractivity contribution is 0.384. The van der Waals surface area contributed by atoms with E-state index in [1.165, 1.54) is 22.0 Å². The van der Waals surface area contributed by atoms with Gasteiger partial charge in [0.2, 0.25) is 0 Å². The average Bonchev–Trinajstić information content (AvgIpc) is 2.29. The molecule has 1 N–H and O–H groups in total. The van der Waals surface area contributed by atoms with Crippen molar-refractivity contribution >= 4 is 15.9 Å². The first-order valence-electron chi connectivity index (χ1n) is 6.09. The number of aryl methyl sites for hydroxylation is 1. The molecule has 90 valence electrons. The Kier molecular flexibility index (Phi) is 5.50. The largest absolute Gasteiger partial charge is 0.310 e. The van der Waals surface area contributed by atoms with Gasteiger partial charge in [-0.05, 0) is 36.6 Å². The molecule has 0 saturated heterocycles. The zero-order valence-corrected chi connectivity index (χ0v) is 12.3. The molecule has 0 bridgehead atoms. The average molecular weight is 284 g/mol. The van der Waals surface area contributed by atoms with Crippen LogP contribution in [0.3, 0.4) is 0 Å². The Hall–Kier alpha value is -0.340. The number of hydrogen-bond donors (Lipinski definition) is 1. The van der Waals surface area contributed by atoms with Gasteiger partial charge in [0.1, 0.15) is 0 Å². The highest BCUT2D eigenvalue weighted by molar-refractivity contribution is 9.10. The Balaban J connectivity index is 2.96. The third-order valence-corrected chi connectivity index (χ3v) is 4.05. The van der Waals surface area contributed by atoms with Crippen LogP contribution in [0.25, 0.3) is 0 Å². The summed E-state index contributed by atoms with van der Waals surface area (Å²) in [4.78, 5) is 0. The maximum absolute atomic E-state index is 3.61. The van der Waals surface area contributed by atoms with Crippen LogP contribution in [0.4, 0.5) is 0 Å². The molecule has 0 aliphatic carbocycles. The second-order valence-electron chi connectivity index (χ2n) is 4.43. The van der Waals surface area contributed by atoms with Gasteiger partial charge < -0.3 is 5.32 Å². The van der Waals surface area contributed by atoms with Crippen LogP contribution in [0.15, 0.2) is 22.7 Å². The van der Waals surface area contributed by atoms with Crippen molar-refractivity contribution in [1.29, 1.82) is 0 Å². The predicted molar refractivity (Wildman–Crippen MR) is 74.8 cm³/mol. The number of hydrogen-bond acceptors (Lipinski definition) is 1. The molecule has 0 aromatic heterocycles. The Morgan fingerprint density at radius 1 is 1.31 bits per heavy atom. The molecule has 2 atom stereocenters. The molecule has 1 rings (SSSR count). The van der Waals surface area contributed by atoms with Crippen molar-refractivity contribution < 1.29 is 0 Å². The van der Waals surface area contributed by atoms with Crippen LogP contribution in [0.5, 0.6) is 0 Å². The molecule has 16 heavy (non-hydrogen) atoms. The zero-order chi connectivity index (χ0) is 12.1. The van der Waals surface area contributed by atoms with Crippen LogP contribution < -0.4 is 5.32 Å². The molecule has 1 aromatic rings. The fraction of sp³-hybridized carbons (Fsp3) is 0.571. The summed E-state index contributed by atoms with van der Waals surface area (Å²) in [7, 11) is 0. The van der Waals surface area contributed by atoms with Crippen molar-refractivity contribution in [3.8, 4) is 0 Å². The zero-order valence-electron chi connectivity index (χ0n) is 10.7. The highest BCUT2D eigenvalue weighted by atomic mass is 79.9. The summed E-state index contributed by atoms with van der Waals surface area (Å²) in [5.74, 6) is 0.662. The second-order valence-corrected chi connectivity index (χ2v) is 5.28. The number of benzene rings is 1. The minimum Gasteiger partial charge on any atom is -0.310 e. The summed E-state index contributed by atoms with van der Waals surface area (Å²) in [5.41, 5.74) is 2.68. The quantitative estimate of drug-likeness (QED) is 0.842. The lowest BCUT2D eigenvalue weighted by atomic mass is 9.92. The molecular weight excluding hydrogens is 262 g/mol. The van der Waals surface area contributed by atoms with E-state index in [9.17, 15) is 0 Å². The van der Waals surface area contributed by atoms with Crippen LogP contribution >= 0.6 is 15.9 Å². The van der Waals surface area contributed by atoms with Crippen LogP contribution in [-0.4, -0.2) is 6.54 Å². The SMILES string of the molecule is CCNC(c1ccc(C)c(Br)c1)C(C)CC. The van der Waals surface area contributed by atoms with Gasteiger partial charge in [-0.1, -0.05) is 55.3 Å².